The molecule has 4 amide bonds. The first-order valence-electron chi connectivity index (χ1n) is 14.2. The summed E-state index contributed by atoms with van der Waals surface area (Å²) in [4.78, 5) is 44.1. The van der Waals surface area contributed by atoms with Crippen molar-refractivity contribution >= 4 is 46.1 Å². The summed E-state index contributed by atoms with van der Waals surface area (Å²) in [5.74, 6) is -0.456. The van der Waals surface area contributed by atoms with E-state index in [0.29, 0.717) is 40.4 Å². The summed E-state index contributed by atoms with van der Waals surface area (Å²) in [6.45, 7) is 4.30. The second kappa shape index (κ2) is 11.9. The number of anilines is 2. The Morgan fingerprint density at radius 2 is 1.34 bits per heavy atom. The van der Waals surface area contributed by atoms with Crippen LogP contribution in [0.25, 0.3) is 16.8 Å². The van der Waals surface area contributed by atoms with Gasteiger partial charge in [-0.25, -0.2) is 14.6 Å². The molecule has 1 fully saturated rings. The molecule has 6 rings (SSSR count). The molecule has 0 radical (unpaired) electrons. The van der Waals surface area contributed by atoms with Crippen molar-refractivity contribution < 1.29 is 23.9 Å². The molecule has 1 aliphatic heterocycles. The maximum Gasteiger partial charge on any atom is 0.343 e. The van der Waals surface area contributed by atoms with Gasteiger partial charge in [-0.05, 0) is 66.8 Å². The molecule has 218 valence electrons. The van der Waals surface area contributed by atoms with Crippen LogP contribution in [0.15, 0.2) is 115 Å². The fraction of sp³-hybridized carbons (Fsp3) is 0.108. The fourth-order valence-corrected chi connectivity index (χ4v) is 5.17. The van der Waals surface area contributed by atoms with Crippen molar-refractivity contribution in [3.63, 3.8) is 0 Å². The summed E-state index contributed by atoms with van der Waals surface area (Å²) in [6, 6.07) is 32.4. The van der Waals surface area contributed by atoms with E-state index in [1.807, 2.05) is 80.6 Å². The number of carbonyl (C=O) groups excluding carboxylic acids is 3. The first-order chi connectivity index (χ1) is 21.3. The van der Waals surface area contributed by atoms with Crippen LogP contribution in [0.4, 0.5) is 16.2 Å². The van der Waals surface area contributed by atoms with Gasteiger partial charge in [0.1, 0.15) is 12.2 Å². The zero-order valence-electron chi connectivity index (χ0n) is 24.6. The lowest BCUT2D eigenvalue weighted by molar-refractivity contribution is -0.121. The monoisotopic (exact) mass is 582 g/mol. The van der Waals surface area contributed by atoms with E-state index >= 15 is 0 Å². The van der Waals surface area contributed by atoms with Gasteiger partial charge in [0.2, 0.25) is 0 Å². The lowest BCUT2D eigenvalue weighted by atomic mass is 10.0. The number of ether oxygens (including phenoxy) is 2. The number of hydrogen-bond acceptors (Lipinski definition) is 5. The third-order valence-corrected chi connectivity index (χ3v) is 7.56. The number of amides is 4. The Morgan fingerprint density at radius 1 is 0.682 bits per heavy atom. The van der Waals surface area contributed by atoms with E-state index in [4.69, 9.17) is 9.47 Å². The largest absolute Gasteiger partial charge is 0.493 e. The van der Waals surface area contributed by atoms with E-state index in [1.54, 1.807) is 42.5 Å². The molecule has 0 unspecified atom stereocenters. The molecule has 0 N–H and O–H groups in total. The number of methoxy groups -OCH3 is 1. The minimum atomic E-state index is -0.741. The van der Waals surface area contributed by atoms with E-state index in [-0.39, 0.29) is 5.57 Å². The maximum absolute atomic E-state index is 14.1. The topological polar surface area (TPSA) is 76.2 Å². The fourth-order valence-electron chi connectivity index (χ4n) is 5.17. The van der Waals surface area contributed by atoms with E-state index in [9.17, 15) is 14.4 Å². The predicted molar refractivity (Wildman–Crippen MR) is 172 cm³/mol. The number of hydrogen-bond donors (Lipinski definition) is 0. The van der Waals surface area contributed by atoms with Gasteiger partial charge < -0.3 is 9.47 Å². The number of urea groups is 1. The molecule has 0 atom stereocenters. The maximum atomic E-state index is 14.1. The van der Waals surface area contributed by atoms with E-state index in [0.717, 1.165) is 31.9 Å². The van der Waals surface area contributed by atoms with Crippen LogP contribution in [0.2, 0.25) is 0 Å². The Morgan fingerprint density at radius 3 is 2.07 bits per heavy atom. The van der Waals surface area contributed by atoms with Crippen molar-refractivity contribution in [2.45, 2.75) is 20.5 Å². The normalized spacial score (nSPS) is 14.4. The number of nitrogens with zero attached hydrogens (tertiary/aromatic N) is 2. The van der Waals surface area contributed by atoms with Crippen LogP contribution in [-0.2, 0) is 16.2 Å². The second-order valence-electron chi connectivity index (χ2n) is 10.6. The van der Waals surface area contributed by atoms with Crippen LogP contribution >= 0.6 is 0 Å². The summed E-state index contributed by atoms with van der Waals surface area (Å²) in [6.07, 6.45) is 1.49. The molecular weight excluding hydrogens is 552 g/mol. The third kappa shape index (κ3) is 5.43. The average molecular weight is 583 g/mol. The van der Waals surface area contributed by atoms with Gasteiger partial charge in [0.15, 0.2) is 11.5 Å². The lowest BCUT2D eigenvalue weighted by Crippen LogP contribution is -2.57. The third-order valence-electron chi connectivity index (χ3n) is 7.56. The average Bonchev–Trinajstić information content (AvgIpc) is 3.04. The first kappa shape index (κ1) is 28.4. The molecule has 0 aliphatic carbocycles. The number of aryl methyl sites for hydroxylation is 2. The van der Waals surface area contributed by atoms with Crippen molar-refractivity contribution in [2.24, 2.45) is 0 Å². The molecule has 5 aromatic carbocycles. The minimum Gasteiger partial charge on any atom is -0.493 e. The minimum absolute atomic E-state index is 0.159. The smallest absolute Gasteiger partial charge is 0.343 e. The predicted octanol–water partition coefficient (Wildman–Crippen LogP) is 7.63. The summed E-state index contributed by atoms with van der Waals surface area (Å²) in [5.41, 5.74) is 4.29. The summed E-state index contributed by atoms with van der Waals surface area (Å²) >= 11 is 0. The summed E-state index contributed by atoms with van der Waals surface area (Å²) in [7, 11) is 1.53. The van der Waals surface area contributed by atoms with Crippen LogP contribution in [0.3, 0.4) is 0 Å². The van der Waals surface area contributed by atoms with Crippen molar-refractivity contribution in [3.8, 4) is 11.5 Å². The molecule has 0 bridgehead atoms. The van der Waals surface area contributed by atoms with E-state index in [2.05, 4.69) is 0 Å². The molecule has 0 saturated carbocycles. The summed E-state index contributed by atoms with van der Waals surface area (Å²) < 4.78 is 11.6. The first-order valence-corrected chi connectivity index (χ1v) is 14.2. The second-order valence-corrected chi connectivity index (χ2v) is 10.6. The Hall–Kier alpha value is -5.69. The van der Waals surface area contributed by atoms with Crippen molar-refractivity contribution in [2.75, 3.05) is 16.9 Å². The van der Waals surface area contributed by atoms with Gasteiger partial charge in [0, 0.05) is 5.39 Å². The van der Waals surface area contributed by atoms with Gasteiger partial charge in [-0.1, -0.05) is 90.0 Å². The molecule has 5 aromatic rings. The van der Waals surface area contributed by atoms with Crippen LogP contribution in [0, 0.1) is 13.8 Å². The van der Waals surface area contributed by atoms with Gasteiger partial charge >= 0.3 is 6.03 Å². The number of carbonyl (C=O) groups is 3. The van der Waals surface area contributed by atoms with Crippen LogP contribution < -0.4 is 19.3 Å². The highest BCUT2D eigenvalue weighted by molar-refractivity contribution is 6.46. The number of benzene rings is 5. The molecule has 1 aliphatic rings. The molecule has 0 spiro atoms. The van der Waals surface area contributed by atoms with Gasteiger partial charge in [-0.3, -0.25) is 9.59 Å². The molecule has 0 aromatic heterocycles. The molecule has 44 heavy (non-hydrogen) atoms. The Bertz CT molecular complexity index is 1920. The van der Waals surface area contributed by atoms with Crippen LogP contribution in [0.1, 0.15) is 22.3 Å². The number of fused-ring (bicyclic) bond motifs is 1. The quantitative estimate of drug-likeness (QED) is 0.146. The highest BCUT2D eigenvalue weighted by Crippen LogP contribution is 2.35. The van der Waals surface area contributed by atoms with Crippen LogP contribution in [-0.4, -0.2) is 25.0 Å². The Balaban J connectivity index is 1.41. The van der Waals surface area contributed by atoms with Crippen molar-refractivity contribution in [1.29, 1.82) is 0 Å². The van der Waals surface area contributed by atoms with E-state index < -0.39 is 17.8 Å². The van der Waals surface area contributed by atoms with Gasteiger partial charge in [-0.15, -0.1) is 0 Å². The lowest BCUT2D eigenvalue weighted by Gasteiger charge is -2.34. The van der Waals surface area contributed by atoms with Gasteiger partial charge in [-0.2, -0.15) is 0 Å². The van der Waals surface area contributed by atoms with Gasteiger partial charge in [0.05, 0.1) is 18.5 Å². The van der Waals surface area contributed by atoms with Crippen molar-refractivity contribution in [3.05, 3.63) is 137 Å². The molecule has 1 heterocycles. The number of imide groups is 2. The Labute approximate surface area is 255 Å². The highest BCUT2D eigenvalue weighted by Gasteiger charge is 2.44. The summed E-state index contributed by atoms with van der Waals surface area (Å²) in [5, 5.41) is 1.58. The molecule has 7 nitrogen and oxygen atoms in total. The van der Waals surface area contributed by atoms with Crippen molar-refractivity contribution in [1.82, 2.24) is 0 Å². The number of rotatable bonds is 7. The zero-order chi connectivity index (χ0) is 30.8. The van der Waals surface area contributed by atoms with Gasteiger partial charge in [0.25, 0.3) is 11.8 Å². The standard InChI is InChI=1S/C37H30N2O5/c1-24-11-15-26(16-12-24)23-44-33-20-17-27(22-34(33)43-3)21-31-35(40)38(29-18-13-25(2)14-19-29)37(42)39(36(31)41)32-10-6-8-28-7-4-5-9-30(28)32/h4-22H,23H2,1-3H3/b31-21+. The van der Waals surface area contributed by atoms with E-state index in [1.165, 1.54) is 13.2 Å². The molecule has 1 saturated heterocycles. The van der Waals surface area contributed by atoms with Crippen LogP contribution in [0.5, 0.6) is 11.5 Å². The number of barbiturate groups is 1. The molecule has 7 heteroatoms. The zero-order valence-corrected chi connectivity index (χ0v) is 24.6. The molecular formula is C37H30N2O5. The Kier molecular flexibility index (Phi) is 7.69. The highest BCUT2D eigenvalue weighted by atomic mass is 16.5. The SMILES string of the molecule is COc1cc(/C=C2\C(=O)N(c3ccc(C)cc3)C(=O)N(c3cccc4ccccc34)C2=O)ccc1OCc1ccc(C)cc1.